The predicted molar refractivity (Wildman–Crippen MR) is 71.4 cm³/mol. The van der Waals surface area contributed by atoms with Crippen LogP contribution in [0.1, 0.15) is 25.3 Å². The van der Waals surface area contributed by atoms with Gasteiger partial charge >= 0.3 is 0 Å². The number of hydrogen-bond acceptors (Lipinski definition) is 2. The van der Waals surface area contributed by atoms with E-state index in [1.165, 1.54) is 18.3 Å². The van der Waals surface area contributed by atoms with Crippen LogP contribution in [0.25, 0.3) is 23.3 Å². The minimum absolute atomic E-state index is 0.148. The molecule has 0 radical (unpaired) electrons. The summed E-state index contributed by atoms with van der Waals surface area (Å²) in [6, 6.07) is 1.46. The molecule has 1 unspecified atom stereocenters. The largest absolute Gasteiger partial charge is 0.319 e. The second-order valence-electron chi connectivity index (χ2n) is 5.45. The Bertz CT molecular complexity index is 836. The molecule has 2 heterocycles. The molecule has 0 aliphatic heterocycles. The van der Waals surface area contributed by atoms with Crippen LogP contribution in [-0.4, -0.2) is 20.7 Å². The Kier molecular flexibility index (Phi) is 2.67. The van der Waals surface area contributed by atoms with Crippen molar-refractivity contribution in [3.8, 4) is 11.4 Å². The summed E-state index contributed by atoms with van der Waals surface area (Å²) in [5.74, 6) is -0.516. The Morgan fingerprint density at radius 2 is 2.00 bits per heavy atom. The molecule has 0 aromatic carbocycles. The molecule has 2 aliphatic carbocycles. The van der Waals surface area contributed by atoms with Gasteiger partial charge in [-0.05, 0) is 25.0 Å². The molecule has 3 nitrogen and oxygen atoms in total. The summed E-state index contributed by atoms with van der Waals surface area (Å²) < 4.78 is 42.8. The van der Waals surface area contributed by atoms with E-state index < -0.39 is 17.8 Å². The Morgan fingerprint density at radius 3 is 2.71 bits per heavy atom. The van der Waals surface area contributed by atoms with E-state index in [4.69, 9.17) is 0 Å². The maximum Gasteiger partial charge on any atom is 0.143 e. The molecule has 1 atom stereocenters. The molecular weight excluding hydrogens is 279 g/mol. The van der Waals surface area contributed by atoms with Gasteiger partial charge in [-0.3, -0.25) is 4.98 Å². The number of nitrogens with zero attached hydrogens (tertiary/aromatic N) is 3. The van der Waals surface area contributed by atoms with Gasteiger partial charge in [0.1, 0.15) is 29.0 Å². The smallest absolute Gasteiger partial charge is 0.143 e. The summed E-state index contributed by atoms with van der Waals surface area (Å²) in [6.07, 6.45) is 4.14. The van der Waals surface area contributed by atoms with Crippen molar-refractivity contribution >= 4 is 11.9 Å². The topological polar surface area (TPSA) is 30.7 Å². The van der Waals surface area contributed by atoms with Crippen LogP contribution < -0.4 is 10.7 Å². The predicted octanol–water partition coefficient (Wildman–Crippen LogP) is 2.02. The highest BCUT2D eigenvalue weighted by Crippen LogP contribution is 2.36. The summed E-state index contributed by atoms with van der Waals surface area (Å²) in [4.78, 5) is 8.13. The van der Waals surface area contributed by atoms with Crippen LogP contribution in [0.5, 0.6) is 0 Å². The minimum atomic E-state index is -1.36. The highest BCUT2D eigenvalue weighted by Gasteiger charge is 2.30. The van der Waals surface area contributed by atoms with Crippen LogP contribution in [0, 0.1) is 5.82 Å². The Labute approximate surface area is 118 Å². The normalized spacial score (nSPS) is 21.1. The second-order valence-corrected chi connectivity index (χ2v) is 5.45. The van der Waals surface area contributed by atoms with E-state index in [0.717, 1.165) is 19.0 Å². The standard InChI is InChI=1S/C15H12F3N3/c16-9-4-12(18)14-13(5-9)20-15(21(14)11-1-2-11)8-3-10(17)7-19-6-8/h3,5-7,9,11H,1-2,4H2. The molecule has 0 saturated heterocycles. The third-order valence-electron chi connectivity index (χ3n) is 3.78. The highest BCUT2D eigenvalue weighted by molar-refractivity contribution is 5.57. The first kappa shape index (κ1) is 12.6. The molecule has 0 N–H and O–H groups in total. The second kappa shape index (κ2) is 4.44. The third-order valence-corrected chi connectivity index (χ3v) is 3.78. The van der Waals surface area contributed by atoms with E-state index in [0.29, 0.717) is 22.1 Å². The minimum Gasteiger partial charge on any atom is -0.319 e. The first-order valence-corrected chi connectivity index (χ1v) is 6.87. The van der Waals surface area contributed by atoms with Crippen molar-refractivity contribution in [2.45, 2.75) is 31.5 Å². The number of aromatic nitrogens is 3. The van der Waals surface area contributed by atoms with Crippen LogP contribution in [0.2, 0.25) is 0 Å². The highest BCUT2D eigenvalue weighted by atomic mass is 19.1. The molecule has 0 spiro atoms. The van der Waals surface area contributed by atoms with E-state index in [2.05, 4.69) is 9.97 Å². The lowest BCUT2D eigenvalue weighted by Gasteiger charge is -2.09. The first-order valence-electron chi connectivity index (χ1n) is 6.87. The average Bonchev–Trinajstić information content (AvgIpc) is 3.19. The van der Waals surface area contributed by atoms with Gasteiger partial charge < -0.3 is 4.57 Å². The van der Waals surface area contributed by atoms with Crippen LogP contribution in [0.15, 0.2) is 18.5 Å². The van der Waals surface area contributed by atoms with E-state index in [9.17, 15) is 13.2 Å². The Morgan fingerprint density at radius 1 is 1.19 bits per heavy atom. The van der Waals surface area contributed by atoms with Crippen molar-refractivity contribution < 1.29 is 13.2 Å². The van der Waals surface area contributed by atoms with Crippen molar-refractivity contribution in [1.29, 1.82) is 0 Å². The zero-order chi connectivity index (χ0) is 14.6. The number of alkyl halides is 1. The quantitative estimate of drug-likeness (QED) is 0.847. The molecule has 0 bridgehead atoms. The molecule has 2 aromatic rings. The van der Waals surface area contributed by atoms with Crippen molar-refractivity contribution in [3.63, 3.8) is 0 Å². The molecule has 2 aliphatic rings. The van der Waals surface area contributed by atoms with Gasteiger partial charge in [-0.15, -0.1) is 0 Å². The summed E-state index contributed by atoms with van der Waals surface area (Å²) >= 11 is 0. The molecule has 1 fully saturated rings. The van der Waals surface area contributed by atoms with Gasteiger partial charge in [0.25, 0.3) is 0 Å². The van der Waals surface area contributed by atoms with Crippen molar-refractivity contribution in [2.75, 3.05) is 0 Å². The lowest BCUT2D eigenvalue weighted by atomic mass is 10.1. The molecular formula is C15H12F3N3. The molecule has 108 valence electrons. The van der Waals surface area contributed by atoms with E-state index >= 15 is 0 Å². The van der Waals surface area contributed by atoms with Crippen molar-refractivity contribution in [2.24, 2.45) is 0 Å². The first-order chi connectivity index (χ1) is 10.1. The fraction of sp³-hybridized carbons (Fsp3) is 0.333. The third kappa shape index (κ3) is 2.05. The summed E-state index contributed by atoms with van der Waals surface area (Å²) in [5.41, 5.74) is 0.480. The molecule has 21 heavy (non-hydrogen) atoms. The number of halogens is 3. The summed E-state index contributed by atoms with van der Waals surface area (Å²) in [7, 11) is 0. The van der Waals surface area contributed by atoms with Gasteiger partial charge in [0.2, 0.25) is 0 Å². The number of hydrogen-bond donors (Lipinski definition) is 0. The Hall–Kier alpha value is -2.11. The fourth-order valence-corrected chi connectivity index (χ4v) is 2.76. The van der Waals surface area contributed by atoms with Crippen LogP contribution in [-0.2, 0) is 0 Å². The molecule has 6 heteroatoms. The maximum atomic E-state index is 14.2. The lowest BCUT2D eigenvalue weighted by Crippen LogP contribution is -2.36. The van der Waals surface area contributed by atoms with Crippen LogP contribution >= 0.6 is 0 Å². The zero-order valence-corrected chi connectivity index (χ0v) is 11.1. The molecule has 2 aromatic heterocycles. The van der Waals surface area contributed by atoms with Gasteiger partial charge in [0.05, 0.1) is 11.5 Å². The summed E-state index contributed by atoms with van der Waals surface area (Å²) in [6.45, 7) is 0. The Balaban J connectivity index is 2.04. The van der Waals surface area contributed by atoms with Gasteiger partial charge in [0, 0.05) is 24.2 Å². The monoisotopic (exact) mass is 291 g/mol. The molecule has 1 saturated carbocycles. The summed E-state index contributed by atoms with van der Waals surface area (Å²) in [5, 5.41) is 0.642. The van der Waals surface area contributed by atoms with Gasteiger partial charge in [0.15, 0.2) is 0 Å². The van der Waals surface area contributed by atoms with Gasteiger partial charge in [-0.1, -0.05) is 0 Å². The van der Waals surface area contributed by atoms with Gasteiger partial charge in [-0.2, -0.15) is 0 Å². The number of imidazole rings is 1. The molecule has 0 amide bonds. The maximum absolute atomic E-state index is 14.2. The van der Waals surface area contributed by atoms with Crippen LogP contribution in [0.4, 0.5) is 13.2 Å². The van der Waals surface area contributed by atoms with E-state index in [1.54, 1.807) is 4.57 Å². The van der Waals surface area contributed by atoms with Gasteiger partial charge in [-0.25, -0.2) is 18.2 Å². The number of rotatable bonds is 2. The molecule has 4 rings (SSSR count). The van der Waals surface area contributed by atoms with Crippen LogP contribution in [0.3, 0.4) is 0 Å². The van der Waals surface area contributed by atoms with E-state index in [1.807, 2.05) is 0 Å². The lowest BCUT2D eigenvalue weighted by molar-refractivity contribution is 0.408. The SMILES string of the molecule is FC1=c2c(nc(-c3cncc(F)c3)n2C2CC2)=CC(F)C1. The number of pyridine rings is 1. The fourth-order valence-electron chi connectivity index (χ4n) is 2.76. The van der Waals surface area contributed by atoms with Crippen molar-refractivity contribution in [1.82, 2.24) is 14.5 Å². The zero-order valence-electron chi connectivity index (χ0n) is 11.1. The van der Waals surface area contributed by atoms with E-state index in [-0.39, 0.29) is 12.5 Å². The average molecular weight is 291 g/mol. The van der Waals surface area contributed by atoms with Crippen molar-refractivity contribution in [3.05, 3.63) is 35.0 Å². The number of fused-ring (bicyclic) bond motifs is 1.